The molecule has 0 amide bonds. The lowest BCUT2D eigenvalue weighted by atomic mass is 10.0. The predicted molar refractivity (Wildman–Crippen MR) is 138 cm³/mol. The molecule has 2 aromatic carbocycles. The van der Waals surface area contributed by atoms with Gasteiger partial charge in [0.1, 0.15) is 11.9 Å². The molecule has 1 N–H and O–H groups in total. The summed E-state index contributed by atoms with van der Waals surface area (Å²) in [6.07, 6.45) is 2.06. The van der Waals surface area contributed by atoms with Gasteiger partial charge in [0.05, 0.1) is 12.6 Å². The summed E-state index contributed by atoms with van der Waals surface area (Å²) in [5, 5.41) is 13.7. The Hall–Kier alpha value is -3.63. The SMILES string of the molecule is Cc1ccc2[nH]c(=O)c([C@H](c3nnnn3C[C@@H]3CCCO3)N3CCN(c4ccc(F)cc4)CC3)cc2c1. The van der Waals surface area contributed by atoms with Crippen LogP contribution in [0, 0.1) is 12.7 Å². The Morgan fingerprint density at radius 3 is 2.68 bits per heavy atom. The van der Waals surface area contributed by atoms with Gasteiger partial charge in [0.2, 0.25) is 0 Å². The molecule has 2 aliphatic rings. The summed E-state index contributed by atoms with van der Waals surface area (Å²) >= 11 is 0. The summed E-state index contributed by atoms with van der Waals surface area (Å²) < 4.78 is 21.1. The summed E-state index contributed by atoms with van der Waals surface area (Å²) in [5.74, 6) is 0.398. The van der Waals surface area contributed by atoms with E-state index in [9.17, 15) is 9.18 Å². The second-order valence-corrected chi connectivity index (χ2v) is 9.90. The maximum atomic E-state index is 13.4. The molecule has 2 atom stereocenters. The van der Waals surface area contributed by atoms with Crippen LogP contribution >= 0.6 is 0 Å². The van der Waals surface area contributed by atoms with E-state index in [0.29, 0.717) is 31.0 Å². The number of hydrogen-bond acceptors (Lipinski definition) is 7. The van der Waals surface area contributed by atoms with Crippen LogP contribution in [0.4, 0.5) is 10.1 Å². The third kappa shape index (κ3) is 4.86. The van der Waals surface area contributed by atoms with Crippen LogP contribution in [0.25, 0.3) is 10.9 Å². The lowest BCUT2D eigenvalue weighted by Crippen LogP contribution is -2.49. The van der Waals surface area contributed by atoms with Crippen LogP contribution < -0.4 is 10.5 Å². The van der Waals surface area contributed by atoms with E-state index in [-0.39, 0.29) is 17.5 Å². The maximum absolute atomic E-state index is 13.4. The van der Waals surface area contributed by atoms with Crippen LogP contribution in [-0.4, -0.2) is 69.0 Å². The minimum absolute atomic E-state index is 0.0655. The summed E-state index contributed by atoms with van der Waals surface area (Å²) in [6, 6.07) is 14.2. The van der Waals surface area contributed by atoms with Crippen LogP contribution in [0.15, 0.2) is 53.3 Å². The Morgan fingerprint density at radius 1 is 1.11 bits per heavy atom. The minimum Gasteiger partial charge on any atom is -0.376 e. The predicted octanol–water partition coefficient (Wildman–Crippen LogP) is 3.05. The number of ether oxygens (including phenoxy) is 1. The molecule has 0 spiro atoms. The second-order valence-electron chi connectivity index (χ2n) is 9.90. The number of aromatic nitrogens is 5. The number of pyridine rings is 1. The molecule has 10 heteroatoms. The van der Waals surface area contributed by atoms with E-state index in [0.717, 1.165) is 54.7 Å². The van der Waals surface area contributed by atoms with E-state index < -0.39 is 6.04 Å². The lowest BCUT2D eigenvalue weighted by molar-refractivity contribution is 0.0906. The van der Waals surface area contributed by atoms with Crippen molar-refractivity contribution in [1.82, 2.24) is 30.1 Å². The topological polar surface area (TPSA) is 92.2 Å². The van der Waals surface area contributed by atoms with Crippen LogP contribution in [0.2, 0.25) is 0 Å². The molecule has 37 heavy (non-hydrogen) atoms. The highest BCUT2D eigenvalue weighted by atomic mass is 19.1. The van der Waals surface area contributed by atoms with Crippen LogP contribution in [0.5, 0.6) is 0 Å². The average Bonchev–Trinajstić information content (AvgIpc) is 3.59. The number of nitrogens with zero attached hydrogens (tertiary/aromatic N) is 6. The van der Waals surface area contributed by atoms with E-state index >= 15 is 0 Å². The lowest BCUT2D eigenvalue weighted by Gasteiger charge is -2.39. The van der Waals surface area contributed by atoms with Crippen molar-refractivity contribution in [2.75, 3.05) is 37.7 Å². The largest absolute Gasteiger partial charge is 0.376 e. The molecule has 0 saturated carbocycles. The van der Waals surface area contributed by atoms with Crippen molar-refractivity contribution in [3.63, 3.8) is 0 Å². The molecule has 0 aliphatic carbocycles. The molecule has 2 saturated heterocycles. The van der Waals surface area contributed by atoms with Gasteiger partial charge in [-0.25, -0.2) is 9.07 Å². The van der Waals surface area contributed by atoms with Gasteiger partial charge in [-0.15, -0.1) is 5.10 Å². The number of aryl methyl sites for hydroxylation is 1. The Labute approximate surface area is 213 Å². The number of halogens is 1. The van der Waals surface area contributed by atoms with E-state index in [2.05, 4.69) is 36.4 Å². The molecule has 4 heterocycles. The second kappa shape index (κ2) is 10.0. The van der Waals surface area contributed by atoms with Gasteiger partial charge in [-0.05, 0) is 78.0 Å². The van der Waals surface area contributed by atoms with Gasteiger partial charge in [-0.2, -0.15) is 0 Å². The molecule has 2 aliphatic heterocycles. The first kappa shape index (κ1) is 23.7. The first-order valence-corrected chi connectivity index (χ1v) is 12.8. The Balaban J connectivity index is 1.36. The van der Waals surface area contributed by atoms with Crippen LogP contribution in [0.3, 0.4) is 0 Å². The zero-order valence-electron chi connectivity index (χ0n) is 20.8. The molecule has 192 valence electrons. The fourth-order valence-corrected chi connectivity index (χ4v) is 5.45. The van der Waals surface area contributed by atoms with Crippen molar-refractivity contribution in [3.8, 4) is 0 Å². The maximum Gasteiger partial charge on any atom is 0.253 e. The van der Waals surface area contributed by atoms with Crippen molar-refractivity contribution >= 4 is 16.6 Å². The monoisotopic (exact) mass is 503 g/mol. The highest BCUT2D eigenvalue weighted by Crippen LogP contribution is 2.29. The summed E-state index contributed by atoms with van der Waals surface area (Å²) in [4.78, 5) is 21.0. The van der Waals surface area contributed by atoms with Gasteiger partial charge < -0.3 is 14.6 Å². The molecular formula is C27H30FN7O2. The number of piperazine rings is 1. The van der Waals surface area contributed by atoms with Gasteiger partial charge in [0, 0.05) is 49.6 Å². The van der Waals surface area contributed by atoms with Gasteiger partial charge in [0.25, 0.3) is 5.56 Å². The zero-order chi connectivity index (χ0) is 25.4. The molecule has 4 aromatic rings. The van der Waals surface area contributed by atoms with Gasteiger partial charge >= 0.3 is 0 Å². The van der Waals surface area contributed by atoms with Gasteiger partial charge in [-0.1, -0.05) is 11.6 Å². The molecule has 9 nitrogen and oxygen atoms in total. The van der Waals surface area contributed by atoms with Crippen molar-refractivity contribution in [2.24, 2.45) is 0 Å². The number of H-pyrrole nitrogens is 1. The van der Waals surface area contributed by atoms with Crippen LogP contribution in [0.1, 0.15) is 35.8 Å². The first-order chi connectivity index (χ1) is 18.0. The number of rotatable bonds is 6. The Kier molecular flexibility index (Phi) is 6.43. The molecule has 0 bridgehead atoms. The molecule has 2 fully saturated rings. The Morgan fingerprint density at radius 2 is 1.92 bits per heavy atom. The zero-order valence-corrected chi connectivity index (χ0v) is 20.8. The van der Waals surface area contributed by atoms with Crippen molar-refractivity contribution < 1.29 is 9.13 Å². The third-order valence-electron chi connectivity index (χ3n) is 7.40. The van der Waals surface area contributed by atoms with Gasteiger partial charge in [0.15, 0.2) is 5.82 Å². The number of benzene rings is 2. The summed E-state index contributed by atoms with van der Waals surface area (Å²) in [6.45, 7) is 6.21. The average molecular weight is 504 g/mol. The number of tetrazole rings is 1. The number of aromatic amines is 1. The van der Waals surface area contributed by atoms with E-state index in [4.69, 9.17) is 4.74 Å². The van der Waals surface area contributed by atoms with E-state index in [1.165, 1.54) is 12.1 Å². The molecule has 2 aromatic heterocycles. The van der Waals surface area contributed by atoms with E-state index in [1.54, 1.807) is 16.8 Å². The quantitative estimate of drug-likeness (QED) is 0.432. The molecule has 0 radical (unpaired) electrons. The van der Waals surface area contributed by atoms with Gasteiger partial charge in [-0.3, -0.25) is 9.69 Å². The number of anilines is 1. The summed E-state index contributed by atoms with van der Waals surface area (Å²) in [7, 11) is 0. The highest BCUT2D eigenvalue weighted by molar-refractivity contribution is 5.79. The molecule has 0 unspecified atom stereocenters. The smallest absolute Gasteiger partial charge is 0.253 e. The summed E-state index contributed by atoms with van der Waals surface area (Å²) in [5.41, 5.74) is 3.39. The Bertz CT molecular complexity index is 1440. The standard InChI is InChI=1S/C27H30FN7O2/c1-18-4-9-24-19(15-18)16-23(27(36)29-24)25(26-30-31-32-35(26)17-22-3-2-14-37-22)34-12-10-33(11-13-34)21-7-5-20(28)6-8-21/h4-9,15-16,22,25H,2-3,10-14,17H2,1H3,(H,29,36)/t22-,25+/m0/s1. The fraction of sp³-hybridized carbons (Fsp3) is 0.407. The van der Waals surface area contributed by atoms with Crippen LogP contribution in [-0.2, 0) is 11.3 Å². The minimum atomic E-state index is -0.416. The highest BCUT2D eigenvalue weighted by Gasteiger charge is 2.33. The van der Waals surface area contributed by atoms with Crippen molar-refractivity contribution in [2.45, 2.75) is 38.5 Å². The molecule has 6 rings (SSSR count). The number of fused-ring (bicyclic) bond motifs is 1. The van der Waals surface area contributed by atoms with E-state index in [1.807, 2.05) is 25.1 Å². The fourth-order valence-electron chi connectivity index (χ4n) is 5.45. The number of hydrogen-bond donors (Lipinski definition) is 1. The van der Waals surface area contributed by atoms with Crippen molar-refractivity contribution in [1.29, 1.82) is 0 Å². The first-order valence-electron chi connectivity index (χ1n) is 12.8. The molecular weight excluding hydrogens is 473 g/mol. The normalized spacial score (nSPS) is 19.5. The third-order valence-corrected chi connectivity index (χ3v) is 7.40. The number of nitrogens with one attached hydrogen (secondary N) is 1. The van der Waals surface area contributed by atoms with Crippen molar-refractivity contribution in [3.05, 3.63) is 81.7 Å².